The highest BCUT2D eigenvalue weighted by atomic mass is 19.1. The zero-order valence-corrected chi connectivity index (χ0v) is 11.2. The molecule has 5 nitrogen and oxygen atoms in total. The third kappa shape index (κ3) is 2.79. The highest BCUT2D eigenvalue weighted by Gasteiger charge is 2.18. The number of hydrogen-bond acceptors (Lipinski definition) is 4. The van der Waals surface area contributed by atoms with E-state index in [-0.39, 0.29) is 5.75 Å². The van der Waals surface area contributed by atoms with Crippen LogP contribution >= 0.6 is 0 Å². The maximum Gasteiger partial charge on any atom is 0.330 e. The Kier molecular flexibility index (Phi) is 4.02. The van der Waals surface area contributed by atoms with Crippen LogP contribution in [0.5, 0.6) is 5.75 Å². The van der Waals surface area contributed by atoms with Crippen LogP contribution in [0.4, 0.5) is 4.39 Å². The molecule has 0 aliphatic rings. The highest BCUT2D eigenvalue weighted by Crippen LogP contribution is 2.26. The summed E-state index contributed by atoms with van der Waals surface area (Å²) in [5, 5.41) is 13.2. The van der Waals surface area contributed by atoms with Crippen molar-refractivity contribution in [2.45, 2.75) is 19.9 Å². The lowest BCUT2D eigenvalue weighted by molar-refractivity contribution is -0.146. The topological polar surface area (TPSA) is 64.3 Å². The summed E-state index contributed by atoms with van der Waals surface area (Å²) >= 11 is 0. The number of esters is 1. The first kappa shape index (κ1) is 14.0. The van der Waals surface area contributed by atoms with Crippen LogP contribution in [0.2, 0.25) is 0 Å². The van der Waals surface area contributed by atoms with Gasteiger partial charge in [-0.15, -0.1) is 0 Å². The molecule has 1 atom stereocenters. The van der Waals surface area contributed by atoms with Crippen LogP contribution in [0.25, 0.3) is 11.1 Å². The van der Waals surface area contributed by atoms with Gasteiger partial charge in [-0.25, -0.2) is 9.18 Å². The van der Waals surface area contributed by atoms with E-state index in [4.69, 9.17) is 4.74 Å². The molecule has 6 heteroatoms. The number of hydrogen-bond donors (Lipinski definition) is 1. The summed E-state index contributed by atoms with van der Waals surface area (Å²) in [6.45, 7) is 3.68. The molecule has 0 aliphatic carbocycles. The van der Waals surface area contributed by atoms with Crippen molar-refractivity contribution in [2.75, 3.05) is 6.61 Å². The highest BCUT2D eigenvalue weighted by molar-refractivity contribution is 5.74. The van der Waals surface area contributed by atoms with Crippen LogP contribution in [0.15, 0.2) is 30.6 Å². The molecular formula is C14H15FN2O3. The van der Waals surface area contributed by atoms with Crippen LogP contribution in [-0.2, 0) is 9.53 Å². The summed E-state index contributed by atoms with van der Waals surface area (Å²) in [6.07, 6.45) is 3.03. The average Bonchev–Trinajstić information content (AvgIpc) is 2.87. The van der Waals surface area contributed by atoms with E-state index >= 15 is 0 Å². The van der Waals surface area contributed by atoms with Crippen molar-refractivity contribution in [1.82, 2.24) is 9.78 Å². The first-order valence-corrected chi connectivity index (χ1v) is 6.22. The van der Waals surface area contributed by atoms with Gasteiger partial charge in [-0.3, -0.25) is 4.68 Å². The molecule has 0 saturated heterocycles. The molecule has 0 fully saturated rings. The summed E-state index contributed by atoms with van der Waals surface area (Å²) in [7, 11) is 0. The Labute approximate surface area is 115 Å². The molecule has 20 heavy (non-hydrogen) atoms. The molecule has 0 saturated carbocycles. The molecule has 1 unspecified atom stereocenters. The minimum atomic E-state index is -0.580. The van der Waals surface area contributed by atoms with E-state index in [2.05, 4.69) is 5.10 Å². The normalized spacial score (nSPS) is 12.2. The molecule has 2 rings (SSSR count). The minimum absolute atomic E-state index is 0.140. The Morgan fingerprint density at radius 2 is 2.30 bits per heavy atom. The fourth-order valence-corrected chi connectivity index (χ4v) is 1.80. The quantitative estimate of drug-likeness (QED) is 0.873. The summed E-state index contributed by atoms with van der Waals surface area (Å²) in [5.41, 5.74) is 0.837. The second-order valence-corrected chi connectivity index (χ2v) is 4.30. The third-order valence-electron chi connectivity index (χ3n) is 2.89. The lowest BCUT2D eigenvalue weighted by Gasteiger charge is -2.10. The zero-order valence-electron chi connectivity index (χ0n) is 11.2. The standard InChI is InChI=1S/C14H15FN2O3/c1-3-20-14(19)9(2)17-8-10(7-16-17)12-5-4-11(18)6-13(12)15/h4-9,18H,3H2,1-2H3. The van der Waals surface area contributed by atoms with E-state index in [1.807, 2.05) is 0 Å². The summed E-state index contributed by atoms with van der Waals surface area (Å²) in [5.74, 6) is -1.08. The number of carbonyl (C=O) groups is 1. The molecule has 0 spiro atoms. The molecule has 0 amide bonds. The van der Waals surface area contributed by atoms with Gasteiger partial charge >= 0.3 is 5.97 Å². The van der Waals surface area contributed by atoms with Crippen molar-refractivity contribution in [3.05, 3.63) is 36.4 Å². The van der Waals surface area contributed by atoms with Gasteiger partial charge in [-0.2, -0.15) is 5.10 Å². The molecule has 2 aromatic rings. The average molecular weight is 278 g/mol. The SMILES string of the molecule is CCOC(=O)C(C)n1cc(-c2ccc(O)cc2F)cn1. The van der Waals surface area contributed by atoms with Crippen molar-refractivity contribution < 1.29 is 19.0 Å². The Morgan fingerprint density at radius 1 is 1.55 bits per heavy atom. The number of benzene rings is 1. The van der Waals surface area contributed by atoms with E-state index in [1.54, 1.807) is 20.0 Å². The predicted octanol–water partition coefficient (Wildman–Crippen LogP) is 2.52. The van der Waals surface area contributed by atoms with E-state index in [0.717, 1.165) is 6.07 Å². The van der Waals surface area contributed by atoms with Crippen LogP contribution in [0.3, 0.4) is 0 Å². The van der Waals surface area contributed by atoms with Crippen molar-refractivity contribution in [3.63, 3.8) is 0 Å². The van der Waals surface area contributed by atoms with Gasteiger partial charge in [-0.1, -0.05) is 0 Å². The lowest BCUT2D eigenvalue weighted by Crippen LogP contribution is -2.19. The number of rotatable bonds is 4. The van der Waals surface area contributed by atoms with Gasteiger partial charge in [0.05, 0.1) is 12.8 Å². The number of phenolic OH excluding ortho intramolecular Hbond substituents is 1. The van der Waals surface area contributed by atoms with Crippen molar-refractivity contribution in [1.29, 1.82) is 0 Å². The molecule has 1 aromatic heterocycles. The molecule has 1 aromatic carbocycles. The Morgan fingerprint density at radius 3 is 2.95 bits per heavy atom. The molecule has 0 radical (unpaired) electrons. The minimum Gasteiger partial charge on any atom is -0.508 e. The van der Waals surface area contributed by atoms with Gasteiger partial charge in [0.1, 0.15) is 17.6 Å². The summed E-state index contributed by atoms with van der Waals surface area (Å²) < 4.78 is 20.1. The molecule has 0 bridgehead atoms. The van der Waals surface area contributed by atoms with Crippen molar-refractivity contribution >= 4 is 5.97 Å². The van der Waals surface area contributed by atoms with E-state index < -0.39 is 17.8 Å². The van der Waals surface area contributed by atoms with Crippen LogP contribution in [0.1, 0.15) is 19.9 Å². The first-order valence-electron chi connectivity index (χ1n) is 6.22. The number of aromatic nitrogens is 2. The molecule has 106 valence electrons. The second-order valence-electron chi connectivity index (χ2n) is 4.30. The van der Waals surface area contributed by atoms with Crippen LogP contribution < -0.4 is 0 Å². The first-order chi connectivity index (χ1) is 9.52. The monoisotopic (exact) mass is 278 g/mol. The van der Waals surface area contributed by atoms with E-state index in [9.17, 15) is 14.3 Å². The number of aromatic hydroxyl groups is 1. The van der Waals surface area contributed by atoms with Crippen molar-refractivity contribution in [2.24, 2.45) is 0 Å². The van der Waals surface area contributed by atoms with Gasteiger partial charge in [0.15, 0.2) is 0 Å². The maximum atomic E-state index is 13.7. The Balaban J connectivity index is 2.26. The van der Waals surface area contributed by atoms with E-state index in [0.29, 0.717) is 17.7 Å². The fourth-order valence-electron chi connectivity index (χ4n) is 1.80. The van der Waals surface area contributed by atoms with Crippen LogP contribution in [-0.4, -0.2) is 27.5 Å². The lowest BCUT2D eigenvalue weighted by atomic mass is 10.1. The van der Waals surface area contributed by atoms with Gasteiger partial charge < -0.3 is 9.84 Å². The fraction of sp³-hybridized carbons (Fsp3) is 0.286. The molecule has 1 N–H and O–H groups in total. The third-order valence-corrected chi connectivity index (χ3v) is 2.89. The molecule has 0 aliphatic heterocycles. The molecule has 1 heterocycles. The predicted molar refractivity (Wildman–Crippen MR) is 70.6 cm³/mol. The number of nitrogens with zero attached hydrogens (tertiary/aromatic N) is 2. The number of carbonyl (C=O) groups excluding carboxylic acids is 1. The Bertz CT molecular complexity index is 625. The van der Waals surface area contributed by atoms with Gasteiger partial charge in [0.25, 0.3) is 0 Å². The Hall–Kier alpha value is -2.37. The number of halogens is 1. The summed E-state index contributed by atoms with van der Waals surface area (Å²) in [4.78, 5) is 11.6. The van der Waals surface area contributed by atoms with E-state index in [1.165, 1.54) is 23.0 Å². The zero-order chi connectivity index (χ0) is 14.7. The van der Waals surface area contributed by atoms with Gasteiger partial charge in [0.2, 0.25) is 0 Å². The summed E-state index contributed by atoms with van der Waals surface area (Å²) in [6, 6.07) is 3.30. The number of ether oxygens (including phenoxy) is 1. The molecular weight excluding hydrogens is 263 g/mol. The van der Waals surface area contributed by atoms with Gasteiger partial charge in [0, 0.05) is 23.4 Å². The maximum absolute atomic E-state index is 13.7. The largest absolute Gasteiger partial charge is 0.508 e. The smallest absolute Gasteiger partial charge is 0.330 e. The van der Waals surface area contributed by atoms with Gasteiger partial charge in [-0.05, 0) is 26.0 Å². The second kappa shape index (κ2) is 5.73. The van der Waals surface area contributed by atoms with Crippen LogP contribution in [0, 0.1) is 5.82 Å². The van der Waals surface area contributed by atoms with Crippen molar-refractivity contribution in [3.8, 4) is 16.9 Å². The number of phenols is 1.